The van der Waals surface area contributed by atoms with E-state index >= 15 is 0 Å². The van der Waals surface area contributed by atoms with Crippen molar-refractivity contribution in [3.05, 3.63) is 54.1 Å². The van der Waals surface area contributed by atoms with E-state index in [1.165, 1.54) is 10.5 Å². The molecule has 0 spiro atoms. The van der Waals surface area contributed by atoms with E-state index in [0.717, 1.165) is 45.4 Å². The lowest BCUT2D eigenvalue weighted by atomic mass is 9.89. The number of carbonyl (C=O) groups is 7. The quantitative estimate of drug-likeness (QED) is 0.0262. The summed E-state index contributed by atoms with van der Waals surface area (Å²) in [6.45, 7) is 5.87. The molecule has 1 aliphatic rings. The standard InChI is InChI=1S/C49H79N8O14PS/c1-33(2)25-40(54-49(65)42-16-12-20-57(42)45(61)17-21-69-23-24-70-22-18-53-48(64)39(50)31-73)43(59)27-36(47(63)55-41(30-58)44(60)28-38(46(51)62)34(3)71-72(66,67)68)26-37-29-52-32-56(37)19-11-6-4-5-8-13-35-14-9-7-10-15-35/h7,9-10,14-15,29,32-34,36,38-42,58,73H,4-6,8,11-13,16-28,30-31,50H2,1-3H3,(H2,51,62)(H,53,64)(H,54,65)(H,55,63)(H2,66,67,68)/t34-,36-,38+,39+,40+,41+,42+/m1/s1. The molecule has 1 saturated heterocycles. The van der Waals surface area contributed by atoms with Gasteiger partial charge in [-0.3, -0.25) is 38.1 Å². The lowest BCUT2D eigenvalue weighted by Gasteiger charge is -2.28. The van der Waals surface area contributed by atoms with Gasteiger partial charge in [0.25, 0.3) is 0 Å². The fourth-order valence-corrected chi connectivity index (χ4v) is 9.24. The lowest BCUT2D eigenvalue weighted by molar-refractivity contribution is -0.140. The maximum atomic E-state index is 14.4. The van der Waals surface area contributed by atoms with Gasteiger partial charge in [0.05, 0.1) is 75.8 Å². The maximum absolute atomic E-state index is 14.4. The number of nitrogens with two attached hydrogens (primary N) is 2. The summed E-state index contributed by atoms with van der Waals surface area (Å²) < 4.78 is 29.0. The van der Waals surface area contributed by atoms with Crippen molar-refractivity contribution in [3.63, 3.8) is 0 Å². The van der Waals surface area contributed by atoms with Crippen LogP contribution in [0.2, 0.25) is 0 Å². The Morgan fingerprint density at radius 2 is 1.56 bits per heavy atom. The molecule has 22 nitrogen and oxygen atoms in total. The zero-order chi connectivity index (χ0) is 53.9. The predicted molar refractivity (Wildman–Crippen MR) is 273 cm³/mol. The van der Waals surface area contributed by atoms with Gasteiger partial charge in [-0.2, -0.15) is 12.6 Å². The topological polar surface area (TPSA) is 334 Å². The van der Waals surface area contributed by atoms with E-state index in [4.69, 9.17) is 20.9 Å². The first-order chi connectivity index (χ1) is 34.7. The molecule has 410 valence electrons. The number of Topliss-reactive ketones (excluding diaryl/α,β-unsaturated/α-hetero) is 2. The zero-order valence-corrected chi connectivity index (χ0v) is 44.2. The van der Waals surface area contributed by atoms with E-state index in [2.05, 4.69) is 50.2 Å². The molecule has 0 radical (unpaired) electrons. The Morgan fingerprint density at radius 1 is 0.890 bits per heavy atom. The summed E-state index contributed by atoms with van der Waals surface area (Å²) in [5.41, 5.74) is 13.0. The maximum Gasteiger partial charge on any atom is 0.469 e. The van der Waals surface area contributed by atoms with Gasteiger partial charge in [-0.25, -0.2) is 9.55 Å². The molecule has 2 aromatic rings. The first-order valence-electron chi connectivity index (χ1n) is 25.2. The van der Waals surface area contributed by atoms with Gasteiger partial charge in [0, 0.05) is 56.5 Å². The fourth-order valence-electron chi connectivity index (χ4n) is 8.50. The Bertz CT molecular complexity index is 2090. The summed E-state index contributed by atoms with van der Waals surface area (Å²) in [4.78, 5) is 118. The average molecular weight is 1070 g/mol. The molecule has 1 aromatic heterocycles. The molecule has 5 amide bonds. The molecule has 0 saturated carbocycles. The number of aromatic nitrogens is 2. The summed E-state index contributed by atoms with van der Waals surface area (Å²) in [7, 11) is -5.09. The normalized spacial score (nSPS) is 16.3. The third kappa shape index (κ3) is 23.7. The van der Waals surface area contributed by atoms with Crippen molar-refractivity contribution in [1.29, 1.82) is 0 Å². The third-order valence-corrected chi connectivity index (χ3v) is 13.5. The number of aliphatic hydroxyl groups is 1. The van der Waals surface area contributed by atoms with E-state index in [0.29, 0.717) is 31.6 Å². The number of aliphatic hydroxyl groups excluding tert-OH is 1. The Labute approximate surface area is 433 Å². The van der Waals surface area contributed by atoms with E-state index in [9.17, 15) is 53.0 Å². The number of likely N-dealkylation sites (tertiary alicyclic amines) is 1. The zero-order valence-electron chi connectivity index (χ0n) is 42.4. The molecule has 1 aliphatic heterocycles. The third-order valence-electron chi connectivity index (χ3n) is 12.5. The molecule has 0 unspecified atom stereocenters. The highest BCUT2D eigenvalue weighted by Gasteiger charge is 2.38. The molecule has 0 bridgehead atoms. The smallest absolute Gasteiger partial charge is 0.394 e. The van der Waals surface area contributed by atoms with Crippen LogP contribution < -0.4 is 27.4 Å². The predicted octanol–water partition coefficient (Wildman–Crippen LogP) is 1.55. The van der Waals surface area contributed by atoms with Crippen molar-refractivity contribution >= 4 is 61.6 Å². The second-order valence-corrected chi connectivity index (χ2v) is 20.4. The molecule has 73 heavy (non-hydrogen) atoms. The largest absolute Gasteiger partial charge is 0.469 e. The number of ether oxygens (including phenoxy) is 2. The molecule has 2 heterocycles. The van der Waals surface area contributed by atoms with Crippen LogP contribution in [0.3, 0.4) is 0 Å². The van der Waals surface area contributed by atoms with Gasteiger partial charge in [-0.15, -0.1) is 0 Å². The van der Waals surface area contributed by atoms with E-state index < -0.39 is 98.7 Å². The Morgan fingerprint density at radius 3 is 2.22 bits per heavy atom. The van der Waals surface area contributed by atoms with E-state index in [-0.39, 0.29) is 75.7 Å². The van der Waals surface area contributed by atoms with Gasteiger partial charge in [-0.05, 0) is 56.9 Å². The molecule has 3 rings (SSSR count). The first kappa shape index (κ1) is 62.7. The van der Waals surface area contributed by atoms with Crippen LogP contribution in [0.4, 0.5) is 0 Å². The number of imidazole rings is 1. The van der Waals surface area contributed by atoms with Gasteiger partial charge >= 0.3 is 7.82 Å². The number of phosphoric acid groups is 1. The molecule has 1 fully saturated rings. The summed E-state index contributed by atoms with van der Waals surface area (Å²) >= 11 is 3.99. The van der Waals surface area contributed by atoms with Crippen molar-refractivity contribution < 1.29 is 67.0 Å². The summed E-state index contributed by atoms with van der Waals surface area (Å²) in [6.07, 6.45) is 7.58. The fraction of sp³-hybridized carbons (Fsp3) is 0.673. The molecule has 10 N–H and O–H groups in total. The highest BCUT2D eigenvalue weighted by atomic mass is 32.1. The van der Waals surface area contributed by atoms with Crippen molar-refractivity contribution in [2.45, 2.75) is 141 Å². The summed E-state index contributed by atoms with van der Waals surface area (Å²) in [6, 6.07) is 6.06. The van der Waals surface area contributed by atoms with Gasteiger partial charge in [-0.1, -0.05) is 63.4 Å². The molecule has 0 aliphatic carbocycles. The van der Waals surface area contributed by atoms with Gasteiger partial charge < -0.3 is 61.3 Å². The van der Waals surface area contributed by atoms with Crippen LogP contribution in [0.25, 0.3) is 0 Å². The van der Waals surface area contributed by atoms with Crippen LogP contribution in [0.5, 0.6) is 0 Å². The van der Waals surface area contributed by atoms with Gasteiger partial charge in [0.1, 0.15) is 12.1 Å². The number of phosphoric ester groups is 1. The minimum atomic E-state index is -5.09. The highest BCUT2D eigenvalue weighted by molar-refractivity contribution is 7.80. The number of thiol groups is 1. The lowest BCUT2D eigenvalue weighted by Crippen LogP contribution is -2.52. The molecular formula is C49H79N8O14PS. The Balaban J connectivity index is 1.70. The van der Waals surface area contributed by atoms with Gasteiger partial charge in [0.2, 0.25) is 29.5 Å². The molecule has 24 heteroatoms. The number of rotatable bonds is 38. The number of carbonyl (C=O) groups excluding carboxylic acids is 7. The number of amides is 5. The summed E-state index contributed by atoms with van der Waals surface area (Å²) in [5, 5.41) is 18.3. The summed E-state index contributed by atoms with van der Waals surface area (Å²) in [5.74, 6) is -6.98. The van der Waals surface area contributed by atoms with E-state index in [1.54, 1.807) is 12.5 Å². The number of primary amides is 1. The number of nitrogens with zero attached hydrogens (tertiary/aromatic N) is 3. The van der Waals surface area contributed by atoms with Crippen LogP contribution in [0.15, 0.2) is 42.9 Å². The highest BCUT2D eigenvalue weighted by Crippen LogP contribution is 2.39. The number of unbranched alkanes of at least 4 members (excludes halogenated alkanes) is 4. The van der Waals surface area contributed by atoms with Crippen molar-refractivity contribution in [3.8, 4) is 0 Å². The van der Waals surface area contributed by atoms with Crippen LogP contribution >= 0.6 is 20.5 Å². The number of nitrogens with one attached hydrogen (secondary N) is 3. The van der Waals surface area contributed by atoms with Crippen molar-refractivity contribution in [2.24, 2.45) is 29.2 Å². The number of hydrogen-bond donors (Lipinski definition) is 9. The molecule has 7 atom stereocenters. The monoisotopic (exact) mass is 1070 g/mol. The van der Waals surface area contributed by atoms with Crippen LogP contribution in [0.1, 0.15) is 103 Å². The van der Waals surface area contributed by atoms with Crippen molar-refractivity contribution in [2.75, 3.05) is 51.9 Å². The van der Waals surface area contributed by atoms with Crippen LogP contribution in [-0.4, -0.2) is 153 Å². The van der Waals surface area contributed by atoms with Gasteiger partial charge in [0.15, 0.2) is 11.6 Å². The number of hydrogen-bond acceptors (Lipinski definition) is 15. The SMILES string of the molecule is CC(C)C[C@H](NC(=O)[C@@H]1CCCN1C(=O)CCOCCOCCNC(=O)[C@@H](N)CS)C(=O)C[C@@H](Cc1cncn1CCCCCCCc1ccccc1)C(=O)N[C@@H](CO)C(=O)C[C@H](C(N)=O)[C@@H](C)OP(=O)(O)O. The second-order valence-electron chi connectivity index (χ2n) is 18.9. The molecular weight excluding hydrogens is 988 g/mol. The Hall–Kier alpha value is -4.58. The number of aryl methyl sites for hydroxylation is 2. The number of benzene rings is 1. The minimum Gasteiger partial charge on any atom is -0.394 e. The minimum absolute atomic E-state index is 0.00133. The first-order valence-corrected chi connectivity index (χ1v) is 27.3. The second kappa shape index (κ2) is 33.4. The average Bonchev–Trinajstić information content (AvgIpc) is 4.02. The van der Waals surface area contributed by atoms with Crippen LogP contribution in [-0.2, 0) is 71.5 Å². The molecule has 1 aromatic carbocycles. The van der Waals surface area contributed by atoms with Crippen molar-refractivity contribution in [1.82, 2.24) is 30.4 Å². The number of ketones is 2. The van der Waals surface area contributed by atoms with E-state index in [1.807, 2.05) is 36.6 Å². The van der Waals surface area contributed by atoms with Crippen LogP contribution in [0, 0.1) is 17.8 Å². The Kier molecular flexibility index (Phi) is 28.7.